The maximum atomic E-state index is 9.18. The molecule has 1 N–H and O–H groups in total. The average molecular weight is 230 g/mol. The minimum Gasteiger partial charge on any atom is -0.417 e. The van der Waals surface area contributed by atoms with E-state index in [9.17, 15) is 5.11 Å². The van der Waals surface area contributed by atoms with Crippen molar-refractivity contribution in [2.45, 2.75) is 64.3 Å². The monoisotopic (exact) mass is 230 g/mol. The van der Waals surface area contributed by atoms with Crippen LogP contribution in [0.25, 0.3) is 0 Å². The summed E-state index contributed by atoms with van der Waals surface area (Å²) in [5, 5.41) is 9.49. The van der Waals surface area contributed by atoms with E-state index in [1.54, 1.807) is 0 Å². The first kappa shape index (κ1) is 13.2. The smallest absolute Gasteiger partial charge is 0.191 e. The molecule has 0 amide bonds. The van der Waals surface area contributed by atoms with E-state index >= 15 is 0 Å². The Morgan fingerprint density at radius 2 is 1.87 bits per heavy atom. The van der Waals surface area contributed by atoms with E-state index in [4.69, 9.17) is 4.43 Å². The van der Waals surface area contributed by atoms with Gasteiger partial charge in [-0.1, -0.05) is 20.8 Å². The molecule has 1 rings (SSSR count). The van der Waals surface area contributed by atoms with Crippen molar-refractivity contribution in [2.24, 2.45) is 5.92 Å². The Bertz CT molecular complexity index is 208. The van der Waals surface area contributed by atoms with E-state index in [0.29, 0.717) is 11.0 Å². The van der Waals surface area contributed by atoms with Crippen molar-refractivity contribution in [1.29, 1.82) is 0 Å². The standard InChI is InChI=1S/C12H26O2Si/c1-12(2,3)15(4,5)14-8-6-7-10-9-11(10)13/h10-11,13H,6-9H2,1-5H3/t10-,11-/m1/s1. The van der Waals surface area contributed by atoms with Crippen LogP contribution in [0.5, 0.6) is 0 Å². The molecule has 0 spiro atoms. The van der Waals surface area contributed by atoms with E-state index in [0.717, 1.165) is 25.9 Å². The zero-order valence-corrected chi connectivity index (χ0v) is 11.8. The van der Waals surface area contributed by atoms with Crippen LogP contribution in [0.4, 0.5) is 0 Å². The van der Waals surface area contributed by atoms with Crippen molar-refractivity contribution in [3.05, 3.63) is 0 Å². The number of aliphatic hydroxyl groups excluding tert-OH is 1. The van der Waals surface area contributed by atoms with Crippen LogP contribution >= 0.6 is 0 Å². The van der Waals surface area contributed by atoms with E-state index in [1.807, 2.05) is 0 Å². The van der Waals surface area contributed by atoms with E-state index in [-0.39, 0.29) is 6.10 Å². The van der Waals surface area contributed by atoms with Gasteiger partial charge in [0.2, 0.25) is 0 Å². The van der Waals surface area contributed by atoms with Crippen LogP contribution in [0.15, 0.2) is 0 Å². The first-order valence-electron chi connectivity index (χ1n) is 6.06. The lowest BCUT2D eigenvalue weighted by molar-refractivity contribution is 0.243. The summed E-state index contributed by atoms with van der Waals surface area (Å²) in [5.41, 5.74) is 0. The normalized spacial score (nSPS) is 26.8. The van der Waals surface area contributed by atoms with Gasteiger partial charge in [-0.3, -0.25) is 0 Å². The molecule has 0 aromatic rings. The summed E-state index contributed by atoms with van der Waals surface area (Å²) in [7, 11) is -1.54. The molecule has 0 unspecified atom stereocenters. The first-order chi connectivity index (χ1) is 6.74. The van der Waals surface area contributed by atoms with E-state index < -0.39 is 8.32 Å². The summed E-state index contributed by atoms with van der Waals surface area (Å²) in [4.78, 5) is 0. The van der Waals surface area contributed by atoms with Crippen LogP contribution in [0.2, 0.25) is 18.1 Å². The lowest BCUT2D eigenvalue weighted by Gasteiger charge is -2.36. The fourth-order valence-corrected chi connectivity index (χ4v) is 2.52. The molecule has 2 nitrogen and oxygen atoms in total. The van der Waals surface area contributed by atoms with Crippen LogP contribution < -0.4 is 0 Å². The fourth-order valence-electron chi connectivity index (χ4n) is 1.43. The molecule has 0 heterocycles. The maximum Gasteiger partial charge on any atom is 0.191 e. The van der Waals surface area contributed by atoms with Gasteiger partial charge in [0.05, 0.1) is 6.10 Å². The second kappa shape index (κ2) is 4.56. The van der Waals surface area contributed by atoms with Crippen LogP contribution in [0.1, 0.15) is 40.0 Å². The zero-order valence-electron chi connectivity index (χ0n) is 10.8. The summed E-state index contributed by atoms with van der Waals surface area (Å²) < 4.78 is 6.06. The largest absolute Gasteiger partial charge is 0.417 e. The summed E-state index contributed by atoms with van der Waals surface area (Å²) in [6.45, 7) is 12.3. The van der Waals surface area contributed by atoms with Crippen molar-refractivity contribution in [3.8, 4) is 0 Å². The lowest BCUT2D eigenvalue weighted by atomic mass is 10.2. The highest BCUT2D eigenvalue weighted by Crippen LogP contribution is 2.37. The molecule has 0 bridgehead atoms. The topological polar surface area (TPSA) is 29.5 Å². The van der Waals surface area contributed by atoms with E-state index in [1.165, 1.54) is 0 Å². The molecule has 2 atom stereocenters. The molecular formula is C12H26O2Si. The third kappa shape index (κ3) is 3.89. The predicted octanol–water partition coefficient (Wildman–Crippen LogP) is 3.17. The number of hydrogen-bond donors (Lipinski definition) is 1. The van der Waals surface area contributed by atoms with Crippen LogP contribution in [-0.4, -0.2) is 26.1 Å². The van der Waals surface area contributed by atoms with Crippen LogP contribution in [-0.2, 0) is 4.43 Å². The predicted molar refractivity (Wildman–Crippen MR) is 66.5 cm³/mol. The molecule has 15 heavy (non-hydrogen) atoms. The molecule has 0 aromatic heterocycles. The van der Waals surface area contributed by atoms with Gasteiger partial charge in [-0.2, -0.15) is 0 Å². The zero-order chi connectivity index (χ0) is 11.7. The molecule has 90 valence electrons. The summed E-state index contributed by atoms with van der Waals surface area (Å²) in [5.74, 6) is 0.577. The van der Waals surface area contributed by atoms with Gasteiger partial charge in [0.25, 0.3) is 0 Å². The number of aliphatic hydroxyl groups is 1. The fraction of sp³-hybridized carbons (Fsp3) is 1.00. The molecule has 3 heteroatoms. The second-order valence-electron chi connectivity index (χ2n) is 6.31. The quantitative estimate of drug-likeness (QED) is 0.581. The average Bonchev–Trinajstić information content (AvgIpc) is 2.74. The van der Waals surface area contributed by atoms with Gasteiger partial charge >= 0.3 is 0 Å². The molecule has 0 radical (unpaired) electrons. The Morgan fingerprint density at radius 3 is 2.27 bits per heavy atom. The lowest BCUT2D eigenvalue weighted by Crippen LogP contribution is -2.40. The minimum absolute atomic E-state index is 0.00197. The highest BCUT2D eigenvalue weighted by molar-refractivity contribution is 6.74. The Morgan fingerprint density at radius 1 is 1.33 bits per heavy atom. The van der Waals surface area contributed by atoms with Crippen LogP contribution in [0.3, 0.4) is 0 Å². The van der Waals surface area contributed by atoms with Gasteiger partial charge < -0.3 is 9.53 Å². The Balaban J connectivity index is 2.13. The van der Waals surface area contributed by atoms with Gasteiger partial charge in [0.15, 0.2) is 8.32 Å². The third-order valence-electron chi connectivity index (χ3n) is 3.87. The molecule has 1 aliphatic rings. The van der Waals surface area contributed by atoms with Gasteiger partial charge in [-0.15, -0.1) is 0 Å². The molecular weight excluding hydrogens is 204 g/mol. The number of rotatable bonds is 5. The minimum atomic E-state index is -1.54. The SMILES string of the molecule is CC(C)(C)[Si](C)(C)OCCC[C@@H]1C[C@H]1O. The van der Waals surface area contributed by atoms with Crippen molar-refractivity contribution in [1.82, 2.24) is 0 Å². The van der Waals surface area contributed by atoms with Gasteiger partial charge in [0.1, 0.15) is 0 Å². The molecule has 1 saturated carbocycles. The van der Waals surface area contributed by atoms with E-state index in [2.05, 4.69) is 33.9 Å². The van der Waals surface area contributed by atoms with Gasteiger partial charge in [0, 0.05) is 6.61 Å². The molecule has 0 saturated heterocycles. The second-order valence-corrected chi connectivity index (χ2v) is 11.1. The van der Waals surface area contributed by atoms with Crippen molar-refractivity contribution >= 4 is 8.32 Å². The van der Waals surface area contributed by atoms with Gasteiger partial charge in [-0.05, 0) is 43.3 Å². The molecule has 0 aromatic carbocycles. The van der Waals surface area contributed by atoms with Crippen LogP contribution in [0, 0.1) is 5.92 Å². The third-order valence-corrected chi connectivity index (χ3v) is 8.41. The Labute approximate surface area is 95.2 Å². The summed E-state index contributed by atoms with van der Waals surface area (Å²) in [6, 6.07) is 0. The highest BCUT2D eigenvalue weighted by Gasteiger charge is 2.37. The Hall–Kier alpha value is 0.137. The van der Waals surface area contributed by atoms with Crippen molar-refractivity contribution < 1.29 is 9.53 Å². The van der Waals surface area contributed by atoms with Gasteiger partial charge in [-0.25, -0.2) is 0 Å². The Kier molecular flexibility index (Phi) is 4.01. The van der Waals surface area contributed by atoms with Crippen molar-refractivity contribution in [2.75, 3.05) is 6.61 Å². The first-order valence-corrected chi connectivity index (χ1v) is 8.97. The summed E-state index contributed by atoms with van der Waals surface area (Å²) >= 11 is 0. The molecule has 0 aliphatic heterocycles. The molecule has 1 fully saturated rings. The number of hydrogen-bond acceptors (Lipinski definition) is 2. The maximum absolute atomic E-state index is 9.18. The highest BCUT2D eigenvalue weighted by atomic mass is 28.4. The molecule has 1 aliphatic carbocycles. The summed E-state index contributed by atoms with van der Waals surface area (Å²) in [6.07, 6.45) is 3.25. The van der Waals surface area contributed by atoms with Crippen molar-refractivity contribution in [3.63, 3.8) is 0 Å².